The summed E-state index contributed by atoms with van der Waals surface area (Å²) in [5.74, 6) is 1.38. The van der Waals surface area contributed by atoms with E-state index in [1.807, 2.05) is 28.4 Å². The molecule has 0 aliphatic carbocycles. The fraction of sp³-hybridized carbons (Fsp3) is 0.471. The van der Waals surface area contributed by atoms with Gasteiger partial charge in [0, 0.05) is 12.2 Å². The lowest BCUT2D eigenvalue weighted by molar-refractivity contribution is 0.144. The second-order valence-corrected chi connectivity index (χ2v) is 7.33. The molecule has 1 aliphatic heterocycles. The van der Waals surface area contributed by atoms with Crippen molar-refractivity contribution >= 4 is 11.3 Å². The molecule has 4 heterocycles. The molecule has 0 amide bonds. The van der Waals surface area contributed by atoms with Gasteiger partial charge in [-0.1, -0.05) is 11.2 Å². The van der Waals surface area contributed by atoms with Crippen LogP contribution >= 0.6 is 11.3 Å². The first-order valence-electron chi connectivity index (χ1n) is 8.33. The van der Waals surface area contributed by atoms with Gasteiger partial charge >= 0.3 is 0 Å². The van der Waals surface area contributed by atoms with E-state index in [-0.39, 0.29) is 6.04 Å². The molecular formula is C17H21N5OS. The number of aromatic nitrogens is 4. The van der Waals surface area contributed by atoms with Crippen molar-refractivity contribution in [2.24, 2.45) is 0 Å². The summed E-state index contributed by atoms with van der Waals surface area (Å²) in [6.07, 6.45) is 6.38. The Morgan fingerprint density at radius 2 is 2.38 bits per heavy atom. The summed E-state index contributed by atoms with van der Waals surface area (Å²) in [4.78, 5) is 8.12. The fourth-order valence-electron chi connectivity index (χ4n) is 3.40. The minimum absolute atomic E-state index is 0.121. The van der Waals surface area contributed by atoms with Crippen molar-refractivity contribution in [3.8, 4) is 10.7 Å². The van der Waals surface area contributed by atoms with Gasteiger partial charge in [-0.3, -0.25) is 9.58 Å². The Labute approximate surface area is 145 Å². The van der Waals surface area contributed by atoms with Crippen molar-refractivity contribution in [2.45, 2.75) is 45.3 Å². The highest BCUT2D eigenvalue weighted by Crippen LogP contribution is 2.31. The summed E-state index contributed by atoms with van der Waals surface area (Å²) in [7, 11) is 0. The quantitative estimate of drug-likeness (QED) is 0.709. The third-order valence-electron chi connectivity index (χ3n) is 4.62. The Balaban J connectivity index is 1.49. The first-order valence-corrected chi connectivity index (χ1v) is 9.21. The van der Waals surface area contributed by atoms with E-state index >= 15 is 0 Å². The molecule has 0 saturated carbocycles. The van der Waals surface area contributed by atoms with Gasteiger partial charge in [-0.2, -0.15) is 10.1 Å². The van der Waals surface area contributed by atoms with Gasteiger partial charge in [0.05, 0.1) is 23.7 Å². The molecule has 24 heavy (non-hydrogen) atoms. The maximum absolute atomic E-state index is 5.55. The van der Waals surface area contributed by atoms with E-state index in [4.69, 9.17) is 4.52 Å². The van der Waals surface area contributed by atoms with E-state index < -0.39 is 0 Å². The highest BCUT2D eigenvalue weighted by molar-refractivity contribution is 7.13. The van der Waals surface area contributed by atoms with Gasteiger partial charge < -0.3 is 4.52 Å². The van der Waals surface area contributed by atoms with Crippen LogP contribution in [0.1, 0.15) is 37.3 Å². The van der Waals surface area contributed by atoms with Gasteiger partial charge in [0.2, 0.25) is 11.7 Å². The second kappa shape index (κ2) is 6.49. The van der Waals surface area contributed by atoms with Crippen LogP contribution in [0.2, 0.25) is 0 Å². The van der Waals surface area contributed by atoms with Gasteiger partial charge in [0.25, 0.3) is 0 Å². The molecule has 126 valence electrons. The monoisotopic (exact) mass is 343 g/mol. The van der Waals surface area contributed by atoms with E-state index in [2.05, 4.69) is 40.2 Å². The third-order valence-corrected chi connectivity index (χ3v) is 5.49. The predicted octanol–water partition coefficient (Wildman–Crippen LogP) is 3.53. The molecule has 7 heteroatoms. The van der Waals surface area contributed by atoms with E-state index in [0.29, 0.717) is 17.8 Å². The zero-order valence-corrected chi connectivity index (χ0v) is 14.7. The lowest BCUT2D eigenvalue weighted by Crippen LogP contribution is -2.35. The molecule has 2 atom stereocenters. The molecule has 1 aliphatic rings. The third kappa shape index (κ3) is 3.01. The van der Waals surface area contributed by atoms with Crippen molar-refractivity contribution < 1.29 is 4.52 Å². The van der Waals surface area contributed by atoms with Crippen molar-refractivity contribution in [3.63, 3.8) is 0 Å². The van der Waals surface area contributed by atoms with E-state index in [9.17, 15) is 0 Å². The van der Waals surface area contributed by atoms with Crippen LogP contribution in [0.4, 0.5) is 0 Å². The van der Waals surface area contributed by atoms with Crippen LogP contribution in [0.25, 0.3) is 10.7 Å². The summed E-state index contributed by atoms with van der Waals surface area (Å²) in [5.41, 5.74) is 1.20. The zero-order chi connectivity index (χ0) is 16.5. The molecule has 0 spiro atoms. The largest absolute Gasteiger partial charge is 0.337 e. The van der Waals surface area contributed by atoms with Crippen LogP contribution in [0.3, 0.4) is 0 Å². The maximum Gasteiger partial charge on any atom is 0.244 e. The SMILES string of the molecule is Cc1cnn(CC2CCCN2C(C)c2nc(-c3cccs3)no2)c1. The summed E-state index contributed by atoms with van der Waals surface area (Å²) >= 11 is 1.63. The number of aryl methyl sites for hydroxylation is 1. The van der Waals surface area contributed by atoms with Crippen molar-refractivity contribution in [2.75, 3.05) is 6.54 Å². The summed E-state index contributed by atoms with van der Waals surface area (Å²) in [5, 5.41) is 10.6. The van der Waals surface area contributed by atoms with Gasteiger partial charge in [0.1, 0.15) is 0 Å². The lowest BCUT2D eigenvalue weighted by Gasteiger charge is -2.28. The molecule has 3 aromatic heterocycles. The highest BCUT2D eigenvalue weighted by atomic mass is 32.1. The molecule has 0 aromatic carbocycles. The van der Waals surface area contributed by atoms with Crippen molar-refractivity contribution in [1.82, 2.24) is 24.8 Å². The van der Waals surface area contributed by atoms with E-state index in [1.54, 1.807) is 11.3 Å². The molecule has 2 unspecified atom stereocenters. The van der Waals surface area contributed by atoms with Crippen LogP contribution in [0.15, 0.2) is 34.4 Å². The molecule has 0 N–H and O–H groups in total. The molecule has 0 radical (unpaired) electrons. The Morgan fingerprint density at radius 3 is 3.12 bits per heavy atom. The normalized spacial score (nSPS) is 19.8. The number of likely N-dealkylation sites (tertiary alicyclic amines) is 1. The van der Waals surface area contributed by atoms with Crippen LogP contribution in [-0.2, 0) is 6.54 Å². The average Bonchev–Trinajstić information content (AvgIpc) is 3.35. The molecule has 6 nitrogen and oxygen atoms in total. The Hall–Kier alpha value is -1.99. The van der Waals surface area contributed by atoms with Gasteiger partial charge in [-0.15, -0.1) is 11.3 Å². The number of hydrogen-bond acceptors (Lipinski definition) is 6. The number of rotatable bonds is 5. The number of hydrogen-bond donors (Lipinski definition) is 0. The molecule has 0 bridgehead atoms. The number of thiophene rings is 1. The lowest BCUT2D eigenvalue weighted by atomic mass is 10.2. The smallest absolute Gasteiger partial charge is 0.244 e. The predicted molar refractivity (Wildman–Crippen MR) is 92.7 cm³/mol. The first-order chi connectivity index (χ1) is 11.7. The molecule has 1 fully saturated rings. The van der Waals surface area contributed by atoms with Gasteiger partial charge in [0.15, 0.2) is 0 Å². The summed E-state index contributed by atoms with van der Waals surface area (Å²) in [6, 6.07) is 4.59. The minimum atomic E-state index is 0.121. The highest BCUT2D eigenvalue weighted by Gasteiger charge is 2.32. The molecular weight excluding hydrogens is 322 g/mol. The van der Waals surface area contributed by atoms with Crippen LogP contribution in [0, 0.1) is 6.92 Å². The fourth-order valence-corrected chi connectivity index (χ4v) is 4.05. The van der Waals surface area contributed by atoms with Crippen molar-refractivity contribution in [1.29, 1.82) is 0 Å². The first kappa shape index (κ1) is 15.5. The average molecular weight is 343 g/mol. The topological polar surface area (TPSA) is 60.0 Å². The van der Waals surface area contributed by atoms with E-state index in [1.165, 1.54) is 18.4 Å². The van der Waals surface area contributed by atoms with Crippen molar-refractivity contribution in [3.05, 3.63) is 41.4 Å². The van der Waals surface area contributed by atoms with E-state index in [0.717, 1.165) is 18.0 Å². The van der Waals surface area contributed by atoms with Gasteiger partial charge in [-0.05, 0) is 50.2 Å². The Kier molecular flexibility index (Phi) is 4.20. The second-order valence-electron chi connectivity index (χ2n) is 6.38. The summed E-state index contributed by atoms with van der Waals surface area (Å²) in [6.45, 7) is 6.19. The van der Waals surface area contributed by atoms with Gasteiger partial charge in [-0.25, -0.2) is 0 Å². The maximum atomic E-state index is 5.55. The Bertz CT molecular complexity index is 794. The zero-order valence-electron chi connectivity index (χ0n) is 13.9. The molecule has 4 rings (SSSR count). The van der Waals surface area contributed by atoms with Crippen LogP contribution < -0.4 is 0 Å². The Morgan fingerprint density at radius 1 is 1.46 bits per heavy atom. The standard InChI is InChI=1S/C17H21N5OS/c1-12-9-18-21(10-12)11-14-5-3-7-22(14)13(2)17-19-16(20-23-17)15-6-4-8-24-15/h4,6,8-10,13-14H,3,5,7,11H2,1-2H3. The van der Waals surface area contributed by atoms with Crippen LogP contribution in [-0.4, -0.2) is 37.4 Å². The van der Waals surface area contributed by atoms with Crippen LogP contribution in [0.5, 0.6) is 0 Å². The minimum Gasteiger partial charge on any atom is -0.337 e. The molecule has 1 saturated heterocycles. The molecule has 3 aromatic rings. The number of nitrogens with zero attached hydrogens (tertiary/aromatic N) is 5. The summed E-state index contributed by atoms with van der Waals surface area (Å²) < 4.78 is 7.58.